The molecule has 248 valence electrons. The maximum atomic E-state index is 12.5. The third-order valence-corrected chi connectivity index (χ3v) is 7.90. The lowest BCUT2D eigenvalue weighted by Gasteiger charge is -2.28. The Labute approximate surface area is 259 Å². The molecule has 0 saturated heterocycles. The average molecular weight is 630 g/mol. The van der Waals surface area contributed by atoms with Crippen LogP contribution in [0, 0.1) is 0 Å². The van der Waals surface area contributed by atoms with Crippen LogP contribution in [0.4, 0.5) is 0 Å². The summed E-state index contributed by atoms with van der Waals surface area (Å²) in [5, 5.41) is 0. The van der Waals surface area contributed by atoms with Crippen LogP contribution in [-0.2, 0) is 27.9 Å². The highest BCUT2D eigenvalue weighted by Gasteiger charge is 2.22. The summed E-state index contributed by atoms with van der Waals surface area (Å²) in [5.41, 5.74) is 0.275. The number of phosphoric ester groups is 1. The zero-order chi connectivity index (χ0) is 32.0. The fourth-order valence-corrected chi connectivity index (χ4v) is 4.99. The Morgan fingerprint density at radius 3 is 1.86 bits per heavy atom. The molecular formula is C32H56NO9P. The van der Waals surface area contributed by atoms with E-state index in [4.69, 9.17) is 23.3 Å². The van der Waals surface area contributed by atoms with Gasteiger partial charge in [0.2, 0.25) is 0 Å². The number of carbonyl (C=O) groups is 2. The Morgan fingerprint density at radius 2 is 1.35 bits per heavy atom. The van der Waals surface area contributed by atoms with Crippen LogP contribution in [0.15, 0.2) is 24.3 Å². The molecule has 0 aliphatic rings. The first-order valence-corrected chi connectivity index (χ1v) is 17.3. The number of benzene rings is 1. The Hall–Kier alpha value is -1.97. The number of quaternary nitrogens is 1. The minimum absolute atomic E-state index is 0.0553. The van der Waals surface area contributed by atoms with Gasteiger partial charge in [-0.2, -0.15) is 0 Å². The highest BCUT2D eigenvalue weighted by Crippen LogP contribution is 2.38. The smallest absolute Gasteiger partial charge is 0.338 e. The van der Waals surface area contributed by atoms with E-state index in [2.05, 4.69) is 6.92 Å². The van der Waals surface area contributed by atoms with Crippen molar-refractivity contribution in [3.05, 3.63) is 29.8 Å². The number of carbonyl (C=O) groups excluding carboxylic acids is 2. The molecule has 43 heavy (non-hydrogen) atoms. The van der Waals surface area contributed by atoms with E-state index < -0.39 is 32.5 Å². The second-order valence-corrected chi connectivity index (χ2v) is 13.4. The van der Waals surface area contributed by atoms with E-state index in [9.17, 15) is 19.0 Å². The fraction of sp³-hybridized carbons (Fsp3) is 0.750. The van der Waals surface area contributed by atoms with E-state index in [0.717, 1.165) is 19.3 Å². The number of rotatable bonds is 26. The van der Waals surface area contributed by atoms with Gasteiger partial charge in [-0.05, 0) is 30.7 Å². The lowest BCUT2D eigenvalue weighted by molar-refractivity contribution is -0.870. The molecule has 1 aromatic carbocycles. The summed E-state index contributed by atoms with van der Waals surface area (Å²) in [5.74, 6) is -0.560. The maximum absolute atomic E-state index is 12.5. The Bertz CT molecular complexity index is 934. The monoisotopic (exact) mass is 629 g/mol. The molecule has 0 aromatic heterocycles. The molecule has 0 radical (unpaired) electrons. The third kappa shape index (κ3) is 21.4. The first kappa shape index (κ1) is 39.1. The first-order valence-electron chi connectivity index (χ1n) is 15.9. The van der Waals surface area contributed by atoms with Crippen molar-refractivity contribution in [3.8, 4) is 5.75 Å². The fourth-order valence-electron chi connectivity index (χ4n) is 4.27. The number of nitrogens with zero attached hydrogens (tertiary/aromatic N) is 1. The molecule has 0 N–H and O–H groups in total. The molecule has 0 bridgehead atoms. The summed E-state index contributed by atoms with van der Waals surface area (Å²) >= 11 is 0. The van der Waals surface area contributed by atoms with E-state index in [1.54, 1.807) is 24.3 Å². The predicted octanol–water partition coefficient (Wildman–Crippen LogP) is 6.45. The van der Waals surface area contributed by atoms with Gasteiger partial charge in [0.1, 0.15) is 25.5 Å². The maximum Gasteiger partial charge on any atom is 0.338 e. The topological polar surface area (TPSA) is 120 Å². The molecule has 0 fully saturated rings. The number of hydrogen-bond acceptors (Lipinski definition) is 9. The van der Waals surface area contributed by atoms with Crippen molar-refractivity contribution in [3.63, 3.8) is 0 Å². The van der Waals surface area contributed by atoms with Crippen molar-refractivity contribution in [1.29, 1.82) is 0 Å². The van der Waals surface area contributed by atoms with Crippen LogP contribution in [0.25, 0.3) is 0 Å². The molecule has 11 heteroatoms. The van der Waals surface area contributed by atoms with E-state index >= 15 is 0 Å². The third-order valence-electron chi connectivity index (χ3n) is 6.94. The molecule has 0 heterocycles. The number of hydrogen-bond donors (Lipinski definition) is 0. The molecule has 0 aliphatic heterocycles. The Morgan fingerprint density at radius 1 is 0.814 bits per heavy atom. The van der Waals surface area contributed by atoms with Crippen molar-refractivity contribution in [2.45, 2.75) is 103 Å². The molecule has 0 saturated carbocycles. The second-order valence-electron chi connectivity index (χ2n) is 12.0. The van der Waals surface area contributed by atoms with Crippen molar-refractivity contribution >= 4 is 19.8 Å². The van der Waals surface area contributed by atoms with E-state index in [1.807, 2.05) is 21.1 Å². The Kier molecular flexibility index (Phi) is 20.5. The van der Waals surface area contributed by atoms with Crippen molar-refractivity contribution in [1.82, 2.24) is 0 Å². The second kappa shape index (κ2) is 22.5. The molecule has 2 atom stereocenters. The first-order chi connectivity index (χ1) is 20.5. The largest absolute Gasteiger partial charge is 0.756 e. The van der Waals surface area contributed by atoms with Crippen molar-refractivity contribution in [2.75, 3.05) is 54.6 Å². The summed E-state index contributed by atoms with van der Waals surface area (Å²) in [6.45, 7) is 1.74. The zero-order valence-corrected chi connectivity index (χ0v) is 28.1. The minimum Gasteiger partial charge on any atom is -0.756 e. The summed E-state index contributed by atoms with van der Waals surface area (Å²) in [4.78, 5) is 37.3. The van der Waals surface area contributed by atoms with Crippen LogP contribution in [0.3, 0.4) is 0 Å². The number of ether oxygens (including phenoxy) is 3. The lowest BCUT2D eigenvalue weighted by atomic mass is 10.0. The minimum atomic E-state index is -4.65. The summed E-state index contributed by atoms with van der Waals surface area (Å²) in [6, 6.07) is 6.32. The SMILES string of the molecule is CCCCCCCCCCCCCCCC(=O)O[C@H](COC(=O)c1ccc(OC)cc1)COP(=O)([O-])OCC[N+](C)(C)C. The lowest BCUT2D eigenvalue weighted by Crippen LogP contribution is -2.37. The van der Waals surface area contributed by atoms with Gasteiger partial charge in [0.25, 0.3) is 7.82 Å². The molecule has 0 amide bonds. The van der Waals surface area contributed by atoms with Gasteiger partial charge in [0.05, 0.1) is 40.4 Å². The van der Waals surface area contributed by atoms with Crippen molar-refractivity contribution < 1.29 is 46.8 Å². The number of unbranched alkanes of at least 4 members (excludes halogenated alkanes) is 12. The number of esters is 2. The molecule has 1 aromatic rings. The van der Waals surface area contributed by atoms with Crippen LogP contribution >= 0.6 is 7.82 Å². The molecule has 0 spiro atoms. The van der Waals surface area contributed by atoms with E-state index in [1.165, 1.54) is 64.9 Å². The zero-order valence-electron chi connectivity index (χ0n) is 27.2. The van der Waals surface area contributed by atoms with Gasteiger partial charge in [-0.15, -0.1) is 0 Å². The standard InChI is InChI=1S/C32H56NO9P/c1-6-7-8-9-10-11-12-13-14-15-16-17-18-19-31(34)42-30(27-41-43(36,37)40-25-24-33(2,3)4)26-39-32(35)28-20-22-29(38-5)23-21-28/h20-23,30H,6-19,24-27H2,1-5H3/t30-/m1/s1. The Balaban J connectivity index is 2.45. The normalized spacial score (nSPS) is 13.7. The molecule has 0 aliphatic carbocycles. The van der Waals surface area contributed by atoms with E-state index in [0.29, 0.717) is 23.2 Å². The van der Waals surface area contributed by atoms with Gasteiger partial charge in [0.15, 0.2) is 6.10 Å². The highest BCUT2D eigenvalue weighted by molar-refractivity contribution is 7.45. The average Bonchev–Trinajstić information content (AvgIpc) is 2.96. The predicted molar refractivity (Wildman–Crippen MR) is 166 cm³/mol. The highest BCUT2D eigenvalue weighted by atomic mass is 31.2. The van der Waals surface area contributed by atoms with Crippen molar-refractivity contribution in [2.24, 2.45) is 0 Å². The summed E-state index contributed by atoms with van der Waals surface area (Å²) in [7, 11) is 2.59. The molecule has 10 nitrogen and oxygen atoms in total. The van der Waals surface area contributed by atoms with Gasteiger partial charge in [-0.3, -0.25) is 9.36 Å². The van der Waals surface area contributed by atoms with Gasteiger partial charge in [-0.1, -0.05) is 84.0 Å². The van der Waals surface area contributed by atoms with Gasteiger partial charge >= 0.3 is 11.9 Å². The quantitative estimate of drug-likeness (QED) is 0.0492. The number of methoxy groups -OCH3 is 1. The summed E-state index contributed by atoms with van der Waals surface area (Å²) < 4.78 is 38.5. The van der Waals surface area contributed by atoms with Crippen LogP contribution in [0.5, 0.6) is 5.75 Å². The van der Waals surface area contributed by atoms with Gasteiger partial charge in [0, 0.05) is 6.42 Å². The van der Waals surface area contributed by atoms with Gasteiger partial charge in [-0.25, -0.2) is 4.79 Å². The molecular weight excluding hydrogens is 573 g/mol. The molecule has 1 unspecified atom stereocenters. The van der Waals surface area contributed by atoms with Crippen LogP contribution in [-0.4, -0.2) is 77.1 Å². The van der Waals surface area contributed by atoms with Crippen LogP contribution in [0.2, 0.25) is 0 Å². The van der Waals surface area contributed by atoms with Crippen LogP contribution < -0.4 is 9.63 Å². The number of likely N-dealkylation sites (N-methyl/N-ethyl adjacent to an activating group) is 1. The van der Waals surface area contributed by atoms with Gasteiger partial charge < -0.3 is 32.6 Å². The summed E-state index contributed by atoms with van der Waals surface area (Å²) in [6.07, 6.45) is 14.6. The van der Waals surface area contributed by atoms with E-state index in [-0.39, 0.29) is 25.2 Å². The number of phosphoric acid groups is 1. The molecule has 1 rings (SSSR count). The van der Waals surface area contributed by atoms with Crippen LogP contribution in [0.1, 0.15) is 107 Å².